The molecule has 5 nitrogen and oxygen atoms in total. The second kappa shape index (κ2) is 5.28. The van der Waals surface area contributed by atoms with Gasteiger partial charge in [0.15, 0.2) is 5.13 Å². The van der Waals surface area contributed by atoms with E-state index in [0.717, 1.165) is 30.3 Å². The molecule has 2 fully saturated rings. The second-order valence-electron chi connectivity index (χ2n) is 5.19. The number of anilines is 1. The van der Waals surface area contributed by atoms with Crippen LogP contribution in [0.1, 0.15) is 31.4 Å². The molecule has 0 bridgehead atoms. The van der Waals surface area contributed by atoms with Crippen molar-refractivity contribution in [2.45, 2.75) is 32.1 Å². The monoisotopic (exact) mass is 279 g/mol. The van der Waals surface area contributed by atoms with Crippen LogP contribution in [0.5, 0.6) is 0 Å². The quantitative estimate of drug-likeness (QED) is 0.884. The summed E-state index contributed by atoms with van der Waals surface area (Å²) < 4.78 is 0. The molecule has 0 atom stereocenters. The smallest absolute Gasteiger partial charge is 0.228 e. The molecule has 2 heterocycles. The number of amides is 2. The van der Waals surface area contributed by atoms with Gasteiger partial charge in [0, 0.05) is 24.9 Å². The van der Waals surface area contributed by atoms with Crippen molar-refractivity contribution < 1.29 is 9.59 Å². The van der Waals surface area contributed by atoms with Gasteiger partial charge in [0.05, 0.1) is 12.1 Å². The van der Waals surface area contributed by atoms with E-state index in [1.807, 2.05) is 5.38 Å². The molecule has 1 saturated carbocycles. The highest BCUT2D eigenvalue weighted by atomic mass is 32.1. The molecule has 0 unspecified atom stereocenters. The molecule has 1 aliphatic carbocycles. The summed E-state index contributed by atoms with van der Waals surface area (Å²) in [6.07, 6.45) is 4.29. The van der Waals surface area contributed by atoms with Crippen molar-refractivity contribution >= 4 is 28.3 Å². The van der Waals surface area contributed by atoms with Gasteiger partial charge in [-0.3, -0.25) is 14.5 Å². The number of thiazole rings is 1. The predicted octanol–water partition coefficient (Wildman–Crippen LogP) is 1.34. The van der Waals surface area contributed by atoms with Crippen molar-refractivity contribution in [3.63, 3.8) is 0 Å². The highest BCUT2D eigenvalue weighted by molar-refractivity contribution is 7.14. The van der Waals surface area contributed by atoms with Gasteiger partial charge in [-0.15, -0.1) is 11.3 Å². The van der Waals surface area contributed by atoms with Crippen LogP contribution in [0.2, 0.25) is 0 Å². The van der Waals surface area contributed by atoms with Crippen molar-refractivity contribution in [3.8, 4) is 0 Å². The van der Waals surface area contributed by atoms with Crippen molar-refractivity contribution in [2.24, 2.45) is 5.92 Å². The topological polar surface area (TPSA) is 62.3 Å². The van der Waals surface area contributed by atoms with Gasteiger partial charge in [0.1, 0.15) is 0 Å². The molecule has 0 spiro atoms. The van der Waals surface area contributed by atoms with Crippen molar-refractivity contribution in [3.05, 3.63) is 11.1 Å². The molecule has 1 N–H and O–H groups in total. The van der Waals surface area contributed by atoms with Gasteiger partial charge in [0.2, 0.25) is 11.8 Å². The Morgan fingerprint density at radius 1 is 1.53 bits per heavy atom. The van der Waals surface area contributed by atoms with Gasteiger partial charge in [0.25, 0.3) is 0 Å². The van der Waals surface area contributed by atoms with Gasteiger partial charge >= 0.3 is 0 Å². The fourth-order valence-electron chi connectivity index (χ4n) is 2.16. The summed E-state index contributed by atoms with van der Waals surface area (Å²) in [6, 6.07) is 0. The lowest BCUT2D eigenvalue weighted by Gasteiger charge is -2.10. The van der Waals surface area contributed by atoms with Crippen molar-refractivity contribution in [1.29, 1.82) is 0 Å². The van der Waals surface area contributed by atoms with Crippen LogP contribution in [0.25, 0.3) is 0 Å². The molecule has 1 aliphatic heterocycles. The van der Waals surface area contributed by atoms with Crippen LogP contribution in [0.3, 0.4) is 0 Å². The van der Waals surface area contributed by atoms with E-state index < -0.39 is 0 Å². The Hall–Kier alpha value is -1.43. The first kappa shape index (κ1) is 12.6. The van der Waals surface area contributed by atoms with E-state index in [-0.39, 0.29) is 11.8 Å². The fourth-order valence-corrected chi connectivity index (χ4v) is 3.03. The van der Waals surface area contributed by atoms with E-state index in [1.165, 1.54) is 24.2 Å². The fraction of sp³-hybridized carbons (Fsp3) is 0.615. The number of carbonyl (C=O) groups is 2. The molecule has 2 amide bonds. The maximum absolute atomic E-state index is 11.7. The molecular weight excluding hydrogens is 262 g/mol. The minimum absolute atomic E-state index is 0.0245. The Morgan fingerprint density at radius 2 is 2.37 bits per heavy atom. The molecule has 1 saturated heterocycles. The van der Waals surface area contributed by atoms with E-state index >= 15 is 0 Å². The average Bonchev–Trinajstić information content (AvgIpc) is 2.95. The van der Waals surface area contributed by atoms with E-state index in [2.05, 4.69) is 10.3 Å². The van der Waals surface area contributed by atoms with Crippen molar-refractivity contribution in [2.75, 3.05) is 18.0 Å². The number of aromatic nitrogens is 1. The summed E-state index contributed by atoms with van der Waals surface area (Å²) >= 11 is 1.44. The van der Waals surface area contributed by atoms with Gasteiger partial charge in [-0.1, -0.05) is 0 Å². The number of nitrogens with one attached hydrogen (secondary N) is 1. The minimum Gasteiger partial charge on any atom is -0.355 e. The predicted molar refractivity (Wildman–Crippen MR) is 73.1 cm³/mol. The average molecular weight is 279 g/mol. The number of hydrogen-bond donors (Lipinski definition) is 1. The SMILES string of the molecule is O=C(Cc1csc(N2CCCC2=O)n1)NCC1CC1. The Kier molecular flexibility index (Phi) is 3.50. The minimum atomic E-state index is 0.0245. The molecule has 0 radical (unpaired) electrons. The molecule has 2 aliphatic rings. The summed E-state index contributed by atoms with van der Waals surface area (Å²) in [5.74, 6) is 0.854. The van der Waals surface area contributed by atoms with Gasteiger partial charge < -0.3 is 5.32 Å². The third-order valence-electron chi connectivity index (χ3n) is 3.47. The maximum Gasteiger partial charge on any atom is 0.228 e. The molecule has 6 heteroatoms. The number of carbonyl (C=O) groups excluding carboxylic acids is 2. The van der Waals surface area contributed by atoms with E-state index in [4.69, 9.17) is 0 Å². The zero-order chi connectivity index (χ0) is 13.2. The Balaban J connectivity index is 1.54. The Bertz CT molecular complexity index is 496. The van der Waals surface area contributed by atoms with Crippen molar-refractivity contribution in [1.82, 2.24) is 10.3 Å². The lowest BCUT2D eigenvalue weighted by Crippen LogP contribution is -2.27. The van der Waals surface area contributed by atoms with Crippen LogP contribution < -0.4 is 10.2 Å². The van der Waals surface area contributed by atoms with Crippen LogP contribution in [0.4, 0.5) is 5.13 Å². The summed E-state index contributed by atoms with van der Waals surface area (Å²) in [5, 5.41) is 5.53. The summed E-state index contributed by atoms with van der Waals surface area (Å²) in [4.78, 5) is 29.4. The molecule has 19 heavy (non-hydrogen) atoms. The first-order valence-electron chi connectivity index (χ1n) is 6.74. The maximum atomic E-state index is 11.7. The van der Waals surface area contributed by atoms with Crippen LogP contribution in [0.15, 0.2) is 5.38 Å². The highest BCUT2D eigenvalue weighted by Crippen LogP contribution is 2.28. The Labute approximate surface area is 116 Å². The first-order chi connectivity index (χ1) is 9.22. The van der Waals surface area contributed by atoms with Crippen LogP contribution in [0, 0.1) is 5.92 Å². The number of hydrogen-bond acceptors (Lipinski definition) is 4. The number of rotatable bonds is 5. The molecular formula is C13H17N3O2S. The third-order valence-corrected chi connectivity index (χ3v) is 4.38. The number of nitrogens with zero attached hydrogens (tertiary/aromatic N) is 2. The molecule has 0 aromatic carbocycles. The van der Waals surface area contributed by atoms with E-state index in [0.29, 0.717) is 18.8 Å². The van der Waals surface area contributed by atoms with Crippen LogP contribution in [-0.4, -0.2) is 29.9 Å². The largest absolute Gasteiger partial charge is 0.355 e. The zero-order valence-corrected chi connectivity index (χ0v) is 11.5. The van der Waals surface area contributed by atoms with Gasteiger partial charge in [-0.05, 0) is 25.2 Å². The van der Waals surface area contributed by atoms with Crippen LogP contribution >= 0.6 is 11.3 Å². The summed E-state index contributed by atoms with van der Waals surface area (Å²) in [6.45, 7) is 1.54. The molecule has 1 aromatic rings. The Morgan fingerprint density at radius 3 is 3.05 bits per heavy atom. The van der Waals surface area contributed by atoms with Crippen LogP contribution in [-0.2, 0) is 16.0 Å². The lowest BCUT2D eigenvalue weighted by atomic mass is 10.3. The van der Waals surface area contributed by atoms with E-state index in [9.17, 15) is 9.59 Å². The third kappa shape index (κ3) is 3.12. The van der Waals surface area contributed by atoms with Gasteiger partial charge in [-0.2, -0.15) is 0 Å². The van der Waals surface area contributed by atoms with E-state index in [1.54, 1.807) is 4.90 Å². The molecule has 102 valence electrons. The molecule has 3 rings (SSSR count). The zero-order valence-electron chi connectivity index (χ0n) is 10.7. The summed E-state index contributed by atoms with van der Waals surface area (Å²) in [5.41, 5.74) is 0.757. The lowest BCUT2D eigenvalue weighted by molar-refractivity contribution is -0.120. The first-order valence-corrected chi connectivity index (χ1v) is 7.62. The second-order valence-corrected chi connectivity index (χ2v) is 6.03. The highest BCUT2D eigenvalue weighted by Gasteiger charge is 2.25. The normalized spacial score (nSPS) is 18.9. The standard InChI is InChI=1S/C13H17N3O2S/c17-11(14-7-9-3-4-9)6-10-8-19-13(15-10)16-5-1-2-12(16)18/h8-9H,1-7H2,(H,14,17). The van der Waals surface area contributed by atoms with Gasteiger partial charge in [-0.25, -0.2) is 4.98 Å². The summed E-state index contributed by atoms with van der Waals surface area (Å²) in [7, 11) is 0. The molecule has 1 aromatic heterocycles.